The zero-order valence-corrected chi connectivity index (χ0v) is 15.6. The Morgan fingerprint density at radius 2 is 1.30 bits per heavy atom. The summed E-state index contributed by atoms with van der Waals surface area (Å²) in [4.78, 5) is 4.95. The van der Waals surface area contributed by atoms with E-state index < -0.39 is 0 Å². The molecule has 2 rings (SSSR count). The van der Waals surface area contributed by atoms with Crippen molar-refractivity contribution in [3.8, 4) is 0 Å². The van der Waals surface area contributed by atoms with Crippen molar-refractivity contribution in [1.82, 2.24) is 0 Å². The van der Waals surface area contributed by atoms with Crippen LogP contribution in [0.4, 0.5) is 5.69 Å². The van der Waals surface area contributed by atoms with Crippen LogP contribution < -0.4 is 0 Å². The highest BCUT2D eigenvalue weighted by Crippen LogP contribution is 2.34. The van der Waals surface area contributed by atoms with Crippen molar-refractivity contribution in [2.24, 2.45) is 4.99 Å². The van der Waals surface area contributed by atoms with E-state index >= 15 is 0 Å². The molecule has 0 aliphatic carbocycles. The third-order valence-corrected chi connectivity index (χ3v) is 4.40. The molecule has 2 aromatic rings. The van der Waals surface area contributed by atoms with Crippen molar-refractivity contribution in [3.63, 3.8) is 0 Å². The van der Waals surface area contributed by atoms with Gasteiger partial charge in [0.1, 0.15) is 0 Å². The Balaban J connectivity index is 2.55. The van der Waals surface area contributed by atoms with Gasteiger partial charge in [0.2, 0.25) is 0 Å². The molecule has 0 bridgehead atoms. The Kier molecular flexibility index (Phi) is 5.41. The first-order chi connectivity index (χ1) is 10.8. The number of hydrogen-bond donors (Lipinski definition) is 0. The highest BCUT2D eigenvalue weighted by atomic mass is 14.7. The lowest BCUT2D eigenvalue weighted by atomic mass is 9.93. The molecule has 0 saturated carbocycles. The Hall–Kier alpha value is -1.89. The number of para-hydroxylation sites is 1. The smallest absolute Gasteiger partial charge is 0.0699 e. The molecule has 1 nitrogen and oxygen atoms in total. The van der Waals surface area contributed by atoms with E-state index in [9.17, 15) is 0 Å². The first-order valence-corrected chi connectivity index (χ1v) is 8.56. The van der Waals surface area contributed by atoms with E-state index in [1.54, 1.807) is 0 Å². The number of hydrogen-bond acceptors (Lipinski definition) is 1. The Morgan fingerprint density at radius 3 is 1.74 bits per heavy atom. The van der Waals surface area contributed by atoms with E-state index in [0.717, 1.165) is 5.69 Å². The van der Waals surface area contributed by atoms with Crippen LogP contribution in [0.25, 0.3) is 0 Å². The lowest BCUT2D eigenvalue weighted by Gasteiger charge is -2.16. The van der Waals surface area contributed by atoms with Crippen molar-refractivity contribution in [2.75, 3.05) is 0 Å². The third kappa shape index (κ3) is 3.90. The zero-order valence-electron chi connectivity index (χ0n) is 15.6. The second-order valence-electron chi connectivity index (χ2n) is 7.17. The van der Waals surface area contributed by atoms with Gasteiger partial charge in [-0.15, -0.1) is 0 Å². The quantitative estimate of drug-likeness (QED) is 0.564. The van der Waals surface area contributed by atoms with Gasteiger partial charge >= 0.3 is 0 Å². The number of nitrogens with zero attached hydrogens (tertiary/aromatic N) is 1. The Labute approximate surface area is 141 Å². The van der Waals surface area contributed by atoms with Crippen molar-refractivity contribution in [1.29, 1.82) is 0 Å². The standard InChI is InChI=1S/C22H29N/c1-14(2)19-9-8-10-20(15(3)4)22(19)23-13-21-17(6)11-16(5)12-18(21)7/h8-15H,1-7H3. The lowest BCUT2D eigenvalue weighted by Crippen LogP contribution is -1.97. The summed E-state index contributed by atoms with van der Waals surface area (Å²) in [6.07, 6.45) is 2.05. The molecule has 0 heterocycles. The molecule has 0 aliphatic heterocycles. The number of aliphatic imine (C=N–C) groups is 1. The minimum absolute atomic E-state index is 0.473. The molecule has 1 heteroatoms. The van der Waals surface area contributed by atoms with Crippen molar-refractivity contribution in [2.45, 2.75) is 60.3 Å². The van der Waals surface area contributed by atoms with Crippen LogP contribution in [0, 0.1) is 20.8 Å². The van der Waals surface area contributed by atoms with Gasteiger partial charge < -0.3 is 0 Å². The van der Waals surface area contributed by atoms with E-state index in [4.69, 9.17) is 4.99 Å². The van der Waals surface area contributed by atoms with Crippen LogP contribution in [0.1, 0.15) is 72.9 Å². The Bertz CT molecular complexity index is 671. The fraction of sp³-hybridized carbons (Fsp3) is 0.409. The summed E-state index contributed by atoms with van der Waals surface area (Å²) in [5.41, 5.74) is 8.94. The molecule has 0 saturated heterocycles. The third-order valence-electron chi connectivity index (χ3n) is 4.40. The van der Waals surface area contributed by atoms with Gasteiger partial charge in [-0.3, -0.25) is 4.99 Å². The van der Waals surface area contributed by atoms with Gasteiger partial charge in [-0.2, -0.15) is 0 Å². The van der Waals surface area contributed by atoms with Gasteiger partial charge in [-0.25, -0.2) is 0 Å². The fourth-order valence-corrected chi connectivity index (χ4v) is 3.18. The Morgan fingerprint density at radius 1 is 0.826 bits per heavy atom. The predicted octanol–water partition coefficient (Wildman–Crippen LogP) is 6.61. The van der Waals surface area contributed by atoms with Crippen LogP contribution in [0.15, 0.2) is 35.3 Å². The predicted molar refractivity (Wildman–Crippen MR) is 103 cm³/mol. The molecule has 0 spiro atoms. The zero-order chi connectivity index (χ0) is 17.1. The summed E-state index contributed by atoms with van der Waals surface area (Å²) in [7, 11) is 0. The van der Waals surface area contributed by atoms with Crippen molar-refractivity contribution in [3.05, 3.63) is 63.7 Å². The first kappa shape index (κ1) is 17.5. The van der Waals surface area contributed by atoms with E-state index in [-0.39, 0.29) is 0 Å². The van der Waals surface area contributed by atoms with E-state index in [2.05, 4.69) is 85.0 Å². The van der Waals surface area contributed by atoms with Crippen LogP contribution in [0.5, 0.6) is 0 Å². The summed E-state index contributed by atoms with van der Waals surface area (Å²) in [6.45, 7) is 15.4. The van der Waals surface area contributed by atoms with Crippen molar-refractivity contribution < 1.29 is 0 Å². The monoisotopic (exact) mass is 307 g/mol. The van der Waals surface area contributed by atoms with E-state index in [1.165, 1.54) is 33.4 Å². The van der Waals surface area contributed by atoms with Crippen LogP contribution in [-0.4, -0.2) is 6.21 Å². The minimum Gasteiger partial charge on any atom is -0.256 e. The maximum absolute atomic E-state index is 4.95. The average molecular weight is 307 g/mol. The van der Waals surface area contributed by atoms with Gasteiger partial charge in [0.25, 0.3) is 0 Å². The highest BCUT2D eigenvalue weighted by molar-refractivity contribution is 5.86. The molecule has 0 atom stereocenters. The van der Waals surface area contributed by atoms with Gasteiger partial charge in [-0.05, 0) is 60.4 Å². The molecule has 2 aromatic carbocycles. The van der Waals surface area contributed by atoms with Crippen LogP contribution in [0.2, 0.25) is 0 Å². The van der Waals surface area contributed by atoms with Gasteiger partial charge in [0.05, 0.1) is 5.69 Å². The molecular formula is C22H29N. The minimum atomic E-state index is 0.473. The number of aryl methyl sites for hydroxylation is 3. The molecular weight excluding hydrogens is 278 g/mol. The van der Waals surface area contributed by atoms with Gasteiger partial charge in [-0.1, -0.05) is 63.6 Å². The molecule has 0 radical (unpaired) electrons. The summed E-state index contributed by atoms with van der Waals surface area (Å²) in [5, 5.41) is 0. The fourth-order valence-electron chi connectivity index (χ4n) is 3.18. The molecule has 0 aromatic heterocycles. The second-order valence-corrected chi connectivity index (χ2v) is 7.17. The summed E-state index contributed by atoms with van der Waals surface area (Å²) >= 11 is 0. The SMILES string of the molecule is Cc1cc(C)c(C=Nc2c(C(C)C)cccc2C(C)C)c(C)c1. The maximum Gasteiger partial charge on any atom is 0.0699 e. The van der Waals surface area contributed by atoms with E-state index in [1.807, 2.05) is 0 Å². The molecule has 0 amide bonds. The topological polar surface area (TPSA) is 12.4 Å². The summed E-state index contributed by atoms with van der Waals surface area (Å²) in [5.74, 6) is 0.946. The van der Waals surface area contributed by atoms with Crippen LogP contribution >= 0.6 is 0 Å². The van der Waals surface area contributed by atoms with Gasteiger partial charge in [0, 0.05) is 6.21 Å². The molecule has 0 fully saturated rings. The lowest BCUT2D eigenvalue weighted by molar-refractivity contribution is 0.835. The molecule has 0 N–H and O–H groups in total. The normalized spacial score (nSPS) is 11.9. The molecule has 0 unspecified atom stereocenters. The molecule has 23 heavy (non-hydrogen) atoms. The molecule has 122 valence electrons. The summed E-state index contributed by atoms with van der Waals surface area (Å²) < 4.78 is 0. The number of benzene rings is 2. The second kappa shape index (κ2) is 7.12. The average Bonchev–Trinajstić information content (AvgIpc) is 2.45. The largest absolute Gasteiger partial charge is 0.256 e. The van der Waals surface area contributed by atoms with Crippen molar-refractivity contribution >= 4 is 11.9 Å². The van der Waals surface area contributed by atoms with Crippen LogP contribution in [0.3, 0.4) is 0 Å². The number of rotatable bonds is 4. The molecule has 0 aliphatic rings. The van der Waals surface area contributed by atoms with Crippen LogP contribution in [-0.2, 0) is 0 Å². The highest BCUT2D eigenvalue weighted by Gasteiger charge is 2.13. The summed E-state index contributed by atoms with van der Waals surface area (Å²) in [6, 6.07) is 11.0. The van der Waals surface area contributed by atoms with Gasteiger partial charge in [0.15, 0.2) is 0 Å². The first-order valence-electron chi connectivity index (χ1n) is 8.56. The maximum atomic E-state index is 4.95. The van der Waals surface area contributed by atoms with E-state index in [0.29, 0.717) is 11.8 Å².